The predicted molar refractivity (Wildman–Crippen MR) is 59.8 cm³/mol. The summed E-state index contributed by atoms with van der Waals surface area (Å²) in [6.07, 6.45) is 2.72. The molecular formula is C11H17NS. The maximum absolute atomic E-state index is 2.44. The summed E-state index contributed by atoms with van der Waals surface area (Å²) in [6, 6.07) is 10.6. The Morgan fingerprint density at radius 2 is 1.62 bits per heavy atom. The van der Waals surface area contributed by atoms with Gasteiger partial charge in [-0.1, -0.05) is 25.6 Å². The Morgan fingerprint density at radius 1 is 1.00 bits per heavy atom. The molecule has 0 aromatic heterocycles. The van der Waals surface area contributed by atoms with E-state index in [4.69, 9.17) is 0 Å². The zero-order valence-electron chi connectivity index (χ0n) is 7.07. The highest BCUT2D eigenvalue weighted by molar-refractivity contribution is 7.97. The average Bonchev–Trinajstić information content (AvgIpc) is 2.59. The zero-order valence-corrected chi connectivity index (χ0v) is 7.89. The molecule has 0 amide bonds. The van der Waals surface area contributed by atoms with E-state index in [9.17, 15) is 0 Å². The molecule has 0 N–H and O–H groups in total. The molecule has 0 saturated carbocycles. The summed E-state index contributed by atoms with van der Waals surface area (Å²) in [7, 11) is 0. The molecule has 0 radical (unpaired) electrons. The van der Waals surface area contributed by atoms with Gasteiger partial charge in [0.25, 0.3) is 0 Å². The van der Waals surface area contributed by atoms with E-state index in [1.807, 2.05) is 11.9 Å². The van der Waals surface area contributed by atoms with Crippen LogP contribution >= 0.6 is 11.9 Å². The Morgan fingerprint density at radius 3 is 2.23 bits per heavy atom. The van der Waals surface area contributed by atoms with E-state index in [0.717, 1.165) is 0 Å². The Kier molecular flexibility index (Phi) is 4.33. The normalized spacial score (nSPS) is 16.9. The largest absolute Gasteiger partial charge is 0.246 e. The maximum atomic E-state index is 2.44. The molecule has 1 aliphatic rings. The van der Waals surface area contributed by atoms with Crippen molar-refractivity contribution >= 4 is 11.9 Å². The molecule has 0 unspecified atom stereocenters. The summed E-state index contributed by atoms with van der Waals surface area (Å²) in [5.41, 5.74) is 0. The second kappa shape index (κ2) is 5.30. The number of nitrogens with zero attached hydrogens (tertiary/aromatic N) is 1. The summed E-state index contributed by atoms with van der Waals surface area (Å²) < 4.78 is 2.44. The number of hydrogen-bond acceptors (Lipinski definition) is 2. The molecule has 13 heavy (non-hydrogen) atoms. The van der Waals surface area contributed by atoms with Crippen molar-refractivity contribution in [2.75, 3.05) is 13.1 Å². The smallest absolute Gasteiger partial charge is 0.0230 e. The molecule has 72 valence electrons. The minimum atomic E-state index is 0. The topological polar surface area (TPSA) is 3.24 Å². The van der Waals surface area contributed by atoms with Gasteiger partial charge in [0.1, 0.15) is 0 Å². The van der Waals surface area contributed by atoms with Crippen molar-refractivity contribution in [2.45, 2.75) is 25.2 Å². The minimum absolute atomic E-state index is 0. The first-order valence-electron chi connectivity index (χ1n) is 4.43. The molecule has 1 heterocycles. The Hall–Kier alpha value is -0.470. The van der Waals surface area contributed by atoms with Crippen molar-refractivity contribution in [1.82, 2.24) is 4.31 Å². The van der Waals surface area contributed by atoms with E-state index in [1.54, 1.807) is 0 Å². The van der Waals surface area contributed by atoms with E-state index < -0.39 is 0 Å². The summed E-state index contributed by atoms with van der Waals surface area (Å²) >= 11 is 1.88. The van der Waals surface area contributed by atoms with Gasteiger partial charge in [0.15, 0.2) is 0 Å². The molecule has 1 aromatic carbocycles. The van der Waals surface area contributed by atoms with Gasteiger partial charge in [-0.05, 0) is 36.9 Å². The third-order valence-corrected chi connectivity index (χ3v) is 3.15. The molecule has 1 aromatic rings. The van der Waals surface area contributed by atoms with Crippen LogP contribution in [0.4, 0.5) is 0 Å². The molecule has 1 aliphatic heterocycles. The SMILES string of the molecule is C.c1ccc(SN2CCCC2)cc1. The van der Waals surface area contributed by atoms with E-state index >= 15 is 0 Å². The predicted octanol–water partition coefficient (Wildman–Crippen LogP) is 3.43. The standard InChI is InChI=1S/C10H13NS.CH4/c1-2-6-10(7-3-1)12-11-8-4-5-9-11;/h1-3,6-7H,4-5,8-9H2;1H4. The van der Waals surface area contributed by atoms with E-state index in [2.05, 4.69) is 34.6 Å². The van der Waals surface area contributed by atoms with Crippen LogP contribution in [0.25, 0.3) is 0 Å². The van der Waals surface area contributed by atoms with Crippen LogP contribution in [0.1, 0.15) is 20.3 Å². The van der Waals surface area contributed by atoms with Crippen LogP contribution in [0.5, 0.6) is 0 Å². The lowest BCUT2D eigenvalue weighted by atomic mass is 10.4. The minimum Gasteiger partial charge on any atom is -0.246 e. The highest BCUT2D eigenvalue weighted by Crippen LogP contribution is 2.25. The van der Waals surface area contributed by atoms with Gasteiger partial charge in [-0.2, -0.15) is 0 Å². The van der Waals surface area contributed by atoms with Gasteiger partial charge in [0, 0.05) is 18.0 Å². The van der Waals surface area contributed by atoms with E-state index in [1.165, 1.54) is 30.8 Å². The number of hydrogen-bond donors (Lipinski definition) is 0. The van der Waals surface area contributed by atoms with Crippen LogP contribution in [0.2, 0.25) is 0 Å². The monoisotopic (exact) mass is 195 g/mol. The van der Waals surface area contributed by atoms with Crippen LogP contribution in [0.3, 0.4) is 0 Å². The first-order valence-corrected chi connectivity index (χ1v) is 5.20. The first-order chi connectivity index (χ1) is 5.95. The average molecular weight is 195 g/mol. The molecule has 1 nitrogen and oxygen atoms in total. The second-order valence-electron chi connectivity index (χ2n) is 3.04. The lowest BCUT2D eigenvalue weighted by Gasteiger charge is -2.12. The molecule has 0 bridgehead atoms. The Balaban J connectivity index is 0.000000845. The third kappa shape index (κ3) is 3.05. The molecule has 2 heteroatoms. The van der Waals surface area contributed by atoms with Crippen LogP contribution in [-0.2, 0) is 0 Å². The molecule has 0 spiro atoms. The lowest BCUT2D eigenvalue weighted by molar-refractivity contribution is 0.586. The Labute approximate surface area is 85.3 Å². The highest BCUT2D eigenvalue weighted by atomic mass is 32.2. The van der Waals surface area contributed by atoms with E-state index in [-0.39, 0.29) is 7.43 Å². The van der Waals surface area contributed by atoms with Crippen molar-refractivity contribution < 1.29 is 0 Å². The van der Waals surface area contributed by atoms with Crippen molar-refractivity contribution in [3.8, 4) is 0 Å². The van der Waals surface area contributed by atoms with Gasteiger partial charge < -0.3 is 0 Å². The molecule has 1 fully saturated rings. The van der Waals surface area contributed by atoms with E-state index in [0.29, 0.717) is 0 Å². The number of benzene rings is 1. The molecule has 1 saturated heterocycles. The van der Waals surface area contributed by atoms with Crippen molar-refractivity contribution in [3.05, 3.63) is 30.3 Å². The molecular weight excluding hydrogens is 178 g/mol. The van der Waals surface area contributed by atoms with Gasteiger partial charge >= 0.3 is 0 Å². The quantitative estimate of drug-likeness (QED) is 0.665. The maximum Gasteiger partial charge on any atom is 0.0230 e. The molecule has 0 atom stereocenters. The van der Waals surface area contributed by atoms with Crippen LogP contribution in [0, 0.1) is 0 Å². The Bertz CT molecular complexity index is 229. The van der Waals surface area contributed by atoms with Crippen molar-refractivity contribution in [3.63, 3.8) is 0 Å². The lowest BCUT2D eigenvalue weighted by Crippen LogP contribution is -2.08. The summed E-state index contributed by atoms with van der Waals surface area (Å²) in [6.45, 7) is 2.50. The fourth-order valence-corrected chi connectivity index (χ4v) is 2.43. The highest BCUT2D eigenvalue weighted by Gasteiger charge is 2.11. The fourth-order valence-electron chi connectivity index (χ4n) is 1.41. The van der Waals surface area contributed by atoms with Gasteiger partial charge in [0.05, 0.1) is 0 Å². The first kappa shape index (κ1) is 10.6. The fraction of sp³-hybridized carbons (Fsp3) is 0.455. The van der Waals surface area contributed by atoms with Crippen LogP contribution in [-0.4, -0.2) is 17.4 Å². The summed E-state index contributed by atoms with van der Waals surface area (Å²) in [5, 5.41) is 0. The van der Waals surface area contributed by atoms with Crippen molar-refractivity contribution in [2.24, 2.45) is 0 Å². The van der Waals surface area contributed by atoms with Crippen molar-refractivity contribution in [1.29, 1.82) is 0 Å². The van der Waals surface area contributed by atoms with Gasteiger partial charge in [-0.15, -0.1) is 0 Å². The third-order valence-electron chi connectivity index (χ3n) is 2.04. The zero-order chi connectivity index (χ0) is 8.23. The van der Waals surface area contributed by atoms with Gasteiger partial charge in [-0.3, -0.25) is 0 Å². The van der Waals surface area contributed by atoms with Gasteiger partial charge in [0.2, 0.25) is 0 Å². The summed E-state index contributed by atoms with van der Waals surface area (Å²) in [5.74, 6) is 0. The number of rotatable bonds is 2. The van der Waals surface area contributed by atoms with Crippen LogP contribution < -0.4 is 0 Å². The molecule has 2 rings (SSSR count). The van der Waals surface area contributed by atoms with Gasteiger partial charge in [-0.25, -0.2) is 4.31 Å². The second-order valence-corrected chi connectivity index (χ2v) is 4.21. The molecule has 0 aliphatic carbocycles. The van der Waals surface area contributed by atoms with Crippen LogP contribution in [0.15, 0.2) is 35.2 Å². The summed E-state index contributed by atoms with van der Waals surface area (Å²) in [4.78, 5) is 1.36.